The highest BCUT2D eigenvalue weighted by atomic mass is 16.9. The molecule has 1 aromatic carbocycles. The highest BCUT2D eigenvalue weighted by Crippen LogP contribution is 2.28. The monoisotopic (exact) mass is 236 g/mol. The molecule has 1 aliphatic rings. The Hall–Kier alpha value is -2.11. The minimum atomic E-state index is -0.793. The van der Waals surface area contributed by atoms with Crippen molar-refractivity contribution in [3.05, 3.63) is 39.4 Å². The number of nitrogens with zero attached hydrogens (tertiary/aromatic N) is 2. The van der Waals surface area contributed by atoms with E-state index in [0.717, 1.165) is 30.5 Å². The van der Waals surface area contributed by atoms with Crippen LogP contribution < -0.4 is 4.90 Å². The number of anilines is 1. The van der Waals surface area contributed by atoms with Gasteiger partial charge in [0.2, 0.25) is 0 Å². The summed E-state index contributed by atoms with van der Waals surface area (Å²) in [4.78, 5) is 27.0. The summed E-state index contributed by atoms with van der Waals surface area (Å²) >= 11 is 0. The average molecular weight is 236 g/mol. The molecule has 0 spiro atoms. The van der Waals surface area contributed by atoms with Crippen molar-refractivity contribution >= 4 is 12.0 Å². The van der Waals surface area contributed by atoms with Crippen molar-refractivity contribution in [1.29, 1.82) is 0 Å². The largest absolute Gasteiger partial charge is 0.369 e. The fraction of sp³-hybridized carbons (Fsp3) is 0.364. The first-order valence-electron chi connectivity index (χ1n) is 5.31. The van der Waals surface area contributed by atoms with Crippen molar-refractivity contribution in [3.63, 3.8) is 0 Å². The molecule has 0 aliphatic carbocycles. The van der Waals surface area contributed by atoms with Crippen LogP contribution in [0.3, 0.4) is 0 Å². The molecule has 0 aromatic heterocycles. The number of hydrogen-bond donors (Lipinski definition) is 0. The van der Waals surface area contributed by atoms with Crippen LogP contribution >= 0.6 is 0 Å². The molecule has 1 heterocycles. The molecule has 2 rings (SSSR count). The number of fused-ring (bicyclic) bond motifs is 1. The minimum absolute atomic E-state index is 0.0394. The first-order valence-corrected chi connectivity index (χ1v) is 5.31. The summed E-state index contributed by atoms with van der Waals surface area (Å²) in [7, 11) is 0. The smallest absolute Gasteiger partial charge is 0.294 e. The lowest BCUT2D eigenvalue weighted by Crippen LogP contribution is -2.26. The Bertz CT molecular complexity index is 447. The Morgan fingerprint density at radius 2 is 2.35 bits per heavy atom. The summed E-state index contributed by atoms with van der Waals surface area (Å²) in [5.41, 5.74) is 2.75. The molecule has 17 heavy (non-hydrogen) atoms. The summed E-state index contributed by atoms with van der Waals surface area (Å²) < 4.78 is 0. The zero-order valence-corrected chi connectivity index (χ0v) is 9.17. The molecule has 6 heteroatoms. The molecule has 0 amide bonds. The summed E-state index contributed by atoms with van der Waals surface area (Å²) in [5.74, 6) is 0. The third kappa shape index (κ3) is 2.52. The predicted molar refractivity (Wildman–Crippen MR) is 60.7 cm³/mol. The van der Waals surface area contributed by atoms with Gasteiger partial charge in [-0.15, -0.1) is 10.1 Å². The van der Waals surface area contributed by atoms with Gasteiger partial charge in [0.1, 0.15) is 12.9 Å². The average Bonchev–Trinajstić information content (AvgIpc) is 2.71. The van der Waals surface area contributed by atoms with Crippen LogP contribution in [0.15, 0.2) is 18.2 Å². The quantitative estimate of drug-likeness (QED) is 0.434. The fourth-order valence-corrected chi connectivity index (χ4v) is 1.99. The first-order chi connectivity index (χ1) is 8.20. The lowest BCUT2D eigenvalue weighted by atomic mass is 10.1. The van der Waals surface area contributed by atoms with E-state index in [-0.39, 0.29) is 6.61 Å². The minimum Gasteiger partial charge on any atom is -0.369 e. The van der Waals surface area contributed by atoms with Gasteiger partial charge < -0.3 is 9.74 Å². The van der Waals surface area contributed by atoms with Crippen LogP contribution in [0.4, 0.5) is 5.69 Å². The molecule has 0 N–H and O–H groups in total. The van der Waals surface area contributed by atoms with Crippen LogP contribution in [0.5, 0.6) is 0 Å². The first kappa shape index (κ1) is 11.4. The number of aldehydes is 1. The molecule has 0 fully saturated rings. The van der Waals surface area contributed by atoms with Gasteiger partial charge in [-0.3, -0.25) is 4.79 Å². The summed E-state index contributed by atoms with van der Waals surface area (Å²) in [6.07, 6.45) is 1.69. The fourth-order valence-electron chi connectivity index (χ4n) is 1.99. The molecule has 0 atom stereocenters. The Morgan fingerprint density at radius 1 is 1.53 bits per heavy atom. The van der Waals surface area contributed by atoms with Gasteiger partial charge in [-0.2, -0.15) is 0 Å². The number of hydrogen-bond acceptors (Lipinski definition) is 5. The molecule has 1 aromatic rings. The van der Waals surface area contributed by atoms with E-state index in [1.165, 1.54) is 0 Å². The maximum atomic E-state index is 10.7. The zero-order valence-electron chi connectivity index (χ0n) is 9.17. The molecule has 0 unspecified atom stereocenters. The standard InChI is InChI=1S/C11H12N2O4/c14-8-9-1-2-10-3-4-12(11(10)7-9)5-6-17-13(15)16/h1-2,7-8H,3-6H2. The van der Waals surface area contributed by atoms with Crippen molar-refractivity contribution < 1.29 is 14.7 Å². The van der Waals surface area contributed by atoms with Crippen LogP contribution in [-0.2, 0) is 11.3 Å². The van der Waals surface area contributed by atoms with E-state index >= 15 is 0 Å². The molecule has 0 radical (unpaired) electrons. The molecule has 0 saturated carbocycles. The maximum absolute atomic E-state index is 10.7. The Kier molecular flexibility index (Phi) is 3.22. The van der Waals surface area contributed by atoms with Gasteiger partial charge in [-0.25, -0.2) is 0 Å². The number of carbonyl (C=O) groups is 1. The topological polar surface area (TPSA) is 72.7 Å². The lowest BCUT2D eigenvalue weighted by molar-refractivity contribution is -0.757. The number of benzene rings is 1. The van der Waals surface area contributed by atoms with Gasteiger partial charge in [0.25, 0.3) is 5.09 Å². The van der Waals surface area contributed by atoms with Gasteiger partial charge in [-0.05, 0) is 18.1 Å². The molecular formula is C11H12N2O4. The van der Waals surface area contributed by atoms with Crippen molar-refractivity contribution in [2.45, 2.75) is 6.42 Å². The second-order valence-electron chi connectivity index (χ2n) is 3.80. The molecule has 0 bridgehead atoms. The van der Waals surface area contributed by atoms with Gasteiger partial charge in [-0.1, -0.05) is 12.1 Å². The van der Waals surface area contributed by atoms with Crippen LogP contribution in [0, 0.1) is 10.1 Å². The van der Waals surface area contributed by atoms with Crippen molar-refractivity contribution in [2.24, 2.45) is 0 Å². The van der Waals surface area contributed by atoms with Crippen LogP contribution in [0.25, 0.3) is 0 Å². The highest BCUT2D eigenvalue weighted by molar-refractivity contribution is 5.78. The van der Waals surface area contributed by atoms with Crippen LogP contribution in [0.1, 0.15) is 15.9 Å². The highest BCUT2D eigenvalue weighted by Gasteiger charge is 2.19. The van der Waals surface area contributed by atoms with Gasteiger partial charge >= 0.3 is 0 Å². The summed E-state index contributed by atoms with van der Waals surface area (Å²) in [6.45, 7) is 1.30. The van der Waals surface area contributed by atoms with Gasteiger partial charge in [0.15, 0.2) is 0 Å². The Balaban J connectivity index is 2.04. The van der Waals surface area contributed by atoms with E-state index in [1.807, 2.05) is 17.0 Å². The SMILES string of the molecule is O=Cc1ccc2c(c1)N(CCO[N+](=O)[O-])CC2. The number of carbonyl (C=O) groups excluding carboxylic acids is 1. The van der Waals surface area contributed by atoms with E-state index < -0.39 is 5.09 Å². The van der Waals surface area contributed by atoms with Crippen LogP contribution in [-0.4, -0.2) is 31.1 Å². The number of rotatable bonds is 5. The van der Waals surface area contributed by atoms with E-state index in [4.69, 9.17) is 0 Å². The van der Waals surface area contributed by atoms with Crippen molar-refractivity contribution in [1.82, 2.24) is 0 Å². The molecule has 1 aliphatic heterocycles. The molecule has 90 valence electrons. The van der Waals surface area contributed by atoms with Gasteiger partial charge in [0, 0.05) is 24.3 Å². The van der Waals surface area contributed by atoms with Crippen molar-refractivity contribution in [2.75, 3.05) is 24.6 Å². The second-order valence-corrected chi connectivity index (χ2v) is 3.80. The molecule has 6 nitrogen and oxygen atoms in total. The Morgan fingerprint density at radius 3 is 3.06 bits per heavy atom. The second kappa shape index (κ2) is 4.82. The zero-order chi connectivity index (χ0) is 12.3. The van der Waals surface area contributed by atoms with E-state index in [1.54, 1.807) is 6.07 Å². The Labute approximate surface area is 97.9 Å². The van der Waals surface area contributed by atoms with E-state index in [0.29, 0.717) is 12.1 Å². The molecule has 0 saturated heterocycles. The predicted octanol–water partition coefficient (Wildman–Crippen LogP) is 1.07. The summed E-state index contributed by atoms with van der Waals surface area (Å²) in [5, 5.41) is 9.24. The lowest BCUT2D eigenvalue weighted by Gasteiger charge is -2.18. The normalized spacial score (nSPS) is 13.3. The maximum Gasteiger partial charge on any atom is 0.294 e. The van der Waals surface area contributed by atoms with E-state index in [2.05, 4.69) is 4.84 Å². The van der Waals surface area contributed by atoms with Crippen LogP contribution in [0.2, 0.25) is 0 Å². The third-order valence-corrected chi connectivity index (χ3v) is 2.80. The third-order valence-electron chi connectivity index (χ3n) is 2.80. The van der Waals surface area contributed by atoms with E-state index in [9.17, 15) is 14.9 Å². The summed E-state index contributed by atoms with van der Waals surface area (Å²) in [6, 6.07) is 5.51. The molecular weight excluding hydrogens is 224 g/mol. The van der Waals surface area contributed by atoms with Crippen molar-refractivity contribution in [3.8, 4) is 0 Å². The van der Waals surface area contributed by atoms with Gasteiger partial charge in [0.05, 0.1) is 0 Å².